The van der Waals surface area contributed by atoms with Crippen LogP contribution in [0.2, 0.25) is 0 Å². The molecule has 0 N–H and O–H groups in total. The summed E-state index contributed by atoms with van der Waals surface area (Å²) in [6.45, 7) is 11.3. The van der Waals surface area contributed by atoms with Crippen molar-refractivity contribution in [1.29, 1.82) is 0 Å². The highest BCUT2D eigenvalue weighted by molar-refractivity contribution is 4.85. The van der Waals surface area contributed by atoms with Crippen molar-refractivity contribution in [2.24, 2.45) is 5.92 Å². The summed E-state index contributed by atoms with van der Waals surface area (Å²) in [6, 6.07) is 0.886. The van der Waals surface area contributed by atoms with Crippen LogP contribution in [0, 0.1) is 5.92 Å². The van der Waals surface area contributed by atoms with Gasteiger partial charge in [-0.25, -0.2) is 0 Å². The van der Waals surface area contributed by atoms with Crippen LogP contribution in [-0.2, 0) is 0 Å². The predicted molar refractivity (Wildman–Crippen MR) is 65.1 cm³/mol. The largest absolute Gasteiger partial charge is 0.300 e. The van der Waals surface area contributed by atoms with Gasteiger partial charge in [0.15, 0.2) is 0 Å². The van der Waals surface area contributed by atoms with E-state index in [9.17, 15) is 0 Å². The molecular formula is C13H26N2. The Hall–Kier alpha value is -0.0800. The molecule has 2 atom stereocenters. The van der Waals surface area contributed by atoms with Gasteiger partial charge < -0.3 is 4.90 Å². The molecule has 2 heteroatoms. The average Bonchev–Trinajstić information content (AvgIpc) is 2.29. The van der Waals surface area contributed by atoms with Crippen LogP contribution in [-0.4, -0.2) is 48.6 Å². The number of nitrogens with zero attached hydrogens (tertiary/aromatic N) is 2. The number of fused-ring (bicyclic) bond motifs is 1. The molecule has 0 aromatic rings. The molecule has 2 aliphatic heterocycles. The maximum atomic E-state index is 2.72. The second kappa shape index (κ2) is 5.31. The highest BCUT2D eigenvalue weighted by atomic mass is 15.3. The first-order valence-electron chi connectivity index (χ1n) is 6.76. The maximum absolute atomic E-state index is 2.72. The van der Waals surface area contributed by atoms with E-state index >= 15 is 0 Å². The third-order valence-electron chi connectivity index (χ3n) is 4.19. The van der Waals surface area contributed by atoms with E-state index in [1.807, 2.05) is 0 Å². The van der Waals surface area contributed by atoms with Gasteiger partial charge in [-0.2, -0.15) is 0 Å². The number of hydrogen-bond acceptors (Lipinski definition) is 2. The number of piperidine rings is 1. The normalized spacial score (nSPS) is 31.2. The quantitative estimate of drug-likeness (QED) is 0.704. The first-order valence-corrected chi connectivity index (χ1v) is 6.76. The molecule has 0 bridgehead atoms. The lowest BCUT2D eigenvalue weighted by molar-refractivity contribution is 0.0427. The lowest BCUT2D eigenvalue weighted by Gasteiger charge is -2.44. The fourth-order valence-corrected chi connectivity index (χ4v) is 2.96. The number of rotatable bonds is 3. The summed E-state index contributed by atoms with van der Waals surface area (Å²) in [5, 5.41) is 0. The van der Waals surface area contributed by atoms with Crippen LogP contribution in [0.5, 0.6) is 0 Å². The van der Waals surface area contributed by atoms with Gasteiger partial charge in [-0.1, -0.05) is 26.7 Å². The van der Waals surface area contributed by atoms with E-state index in [0.717, 1.165) is 12.0 Å². The summed E-state index contributed by atoms with van der Waals surface area (Å²) in [4.78, 5) is 5.41. The molecule has 15 heavy (non-hydrogen) atoms. The first-order chi connectivity index (χ1) is 7.29. The molecule has 2 rings (SSSR count). The van der Waals surface area contributed by atoms with E-state index in [2.05, 4.69) is 23.6 Å². The number of hydrogen-bond donors (Lipinski definition) is 0. The predicted octanol–water partition coefficient (Wildman–Crippen LogP) is 2.20. The molecule has 0 spiro atoms. The molecule has 2 saturated heterocycles. The van der Waals surface area contributed by atoms with E-state index in [1.165, 1.54) is 58.4 Å². The summed E-state index contributed by atoms with van der Waals surface area (Å²) in [6.07, 6.45) is 5.65. The molecule has 2 aliphatic rings. The third kappa shape index (κ3) is 2.94. The standard InChI is InChI=1S/C13H26N2/c1-3-12(2)10-14-8-9-15-7-5-4-6-13(15)11-14/h12-13H,3-11H2,1-2H3. The van der Waals surface area contributed by atoms with Crippen molar-refractivity contribution in [3.63, 3.8) is 0 Å². The summed E-state index contributed by atoms with van der Waals surface area (Å²) < 4.78 is 0. The van der Waals surface area contributed by atoms with E-state index in [0.29, 0.717) is 0 Å². The van der Waals surface area contributed by atoms with Crippen molar-refractivity contribution in [3.05, 3.63) is 0 Å². The van der Waals surface area contributed by atoms with Gasteiger partial charge >= 0.3 is 0 Å². The van der Waals surface area contributed by atoms with E-state index < -0.39 is 0 Å². The lowest BCUT2D eigenvalue weighted by Crippen LogP contribution is -2.55. The van der Waals surface area contributed by atoms with Crippen molar-refractivity contribution in [3.8, 4) is 0 Å². The number of piperazine rings is 1. The molecular weight excluding hydrogens is 184 g/mol. The summed E-state index contributed by atoms with van der Waals surface area (Å²) in [5.74, 6) is 0.875. The Morgan fingerprint density at radius 1 is 1.20 bits per heavy atom. The third-order valence-corrected chi connectivity index (χ3v) is 4.19. The van der Waals surface area contributed by atoms with Crippen LogP contribution in [0.25, 0.3) is 0 Å². The summed E-state index contributed by atoms with van der Waals surface area (Å²) >= 11 is 0. The first kappa shape index (κ1) is 11.4. The van der Waals surface area contributed by atoms with Gasteiger partial charge in [-0.15, -0.1) is 0 Å². The van der Waals surface area contributed by atoms with Gasteiger partial charge in [0.2, 0.25) is 0 Å². The minimum atomic E-state index is 0.875. The van der Waals surface area contributed by atoms with Gasteiger partial charge in [-0.05, 0) is 25.3 Å². The Morgan fingerprint density at radius 3 is 2.87 bits per heavy atom. The highest BCUT2D eigenvalue weighted by Crippen LogP contribution is 2.21. The van der Waals surface area contributed by atoms with Crippen LogP contribution in [0.1, 0.15) is 39.5 Å². The summed E-state index contributed by atoms with van der Waals surface area (Å²) in [7, 11) is 0. The Kier molecular flexibility index (Phi) is 4.04. The molecule has 2 unspecified atom stereocenters. The highest BCUT2D eigenvalue weighted by Gasteiger charge is 2.28. The van der Waals surface area contributed by atoms with Crippen molar-refractivity contribution < 1.29 is 0 Å². The molecule has 0 amide bonds. The van der Waals surface area contributed by atoms with Gasteiger partial charge in [0.1, 0.15) is 0 Å². The second-order valence-corrected chi connectivity index (χ2v) is 5.46. The van der Waals surface area contributed by atoms with Crippen LogP contribution in [0.4, 0.5) is 0 Å². The van der Waals surface area contributed by atoms with E-state index in [4.69, 9.17) is 0 Å². The van der Waals surface area contributed by atoms with E-state index in [1.54, 1.807) is 0 Å². The van der Waals surface area contributed by atoms with Gasteiger partial charge in [0, 0.05) is 32.2 Å². The molecule has 2 fully saturated rings. The minimum Gasteiger partial charge on any atom is -0.300 e. The molecule has 0 aromatic heterocycles. The minimum absolute atomic E-state index is 0.875. The molecule has 0 saturated carbocycles. The van der Waals surface area contributed by atoms with Crippen molar-refractivity contribution in [2.75, 3.05) is 32.7 Å². The Bertz CT molecular complexity index is 193. The van der Waals surface area contributed by atoms with Gasteiger partial charge in [0.05, 0.1) is 0 Å². The maximum Gasteiger partial charge on any atom is 0.0223 e. The Morgan fingerprint density at radius 2 is 2.07 bits per heavy atom. The zero-order chi connectivity index (χ0) is 10.7. The Balaban J connectivity index is 1.80. The second-order valence-electron chi connectivity index (χ2n) is 5.46. The molecule has 0 aliphatic carbocycles. The van der Waals surface area contributed by atoms with Gasteiger partial charge in [-0.3, -0.25) is 4.90 Å². The van der Waals surface area contributed by atoms with Crippen LogP contribution >= 0.6 is 0 Å². The molecule has 0 aromatic carbocycles. The zero-order valence-corrected chi connectivity index (χ0v) is 10.4. The summed E-state index contributed by atoms with van der Waals surface area (Å²) in [5.41, 5.74) is 0. The van der Waals surface area contributed by atoms with Crippen molar-refractivity contribution >= 4 is 0 Å². The topological polar surface area (TPSA) is 6.48 Å². The molecule has 2 nitrogen and oxygen atoms in total. The zero-order valence-electron chi connectivity index (χ0n) is 10.4. The molecule has 0 radical (unpaired) electrons. The molecule has 88 valence electrons. The van der Waals surface area contributed by atoms with Crippen molar-refractivity contribution in [1.82, 2.24) is 9.80 Å². The van der Waals surface area contributed by atoms with Crippen molar-refractivity contribution in [2.45, 2.75) is 45.6 Å². The Labute approximate surface area is 94.6 Å². The lowest BCUT2D eigenvalue weighted by atomic mass is 9.98. The fraction of sp³-hybridized carbons (Fsp3) is 1.00. The fourth-order valence-electron chi connectivity index (χ4n) is 2.96. The molecule has 2 heterocycles. The van der Waals surface area contributed by atoms with Crippen LogP contribution < -0.4 is 0 Å². The van der Waals surface area contributed by atoms with Crippen LogP contribution in [0.15, 0.2) is 0 Å². The van der Waals surface area contributed by atoms with Gasteiger partial charge in [0.25, 0.3) is 0 Å². The van der Waals surface area contributed by atoms with E-state index in [-0.39, 0.29) is 0 Å². The monoisotopic (exact) mass is 210 g/mol. The smallest absolute Gasteiger partial charge is 0.0223 e. The SMILES string of the molecule is CCC(C)CN1CCN2CCCCC2C1. The average molecular weight is 210 g/mol. The van der Waals surface area contributed by atoms with Crippen LogP contribution in [0.3, 0.4) is 0 Å².